The third kappa shape index (κ3) is 3.34. The van der Waals surface area contributed by atoms with E-state index in [1.165, 1.54) is 0 Å². The molecule has 2 N–H and O–H groups in total. The predicted octanol–water partition coefficient (Wildman–Crippen LogP) is 3.17. The molecule has 0 spiro atoms. The normalized spacial score (nSPS) is 10.1. The molecule has 0 fully saturated rings. The van der Waals surface area contributed by atoms with Gasteiger partial charge >= 0.3 is 0 Å². The maximum absolute atomic E-state index is 6.08. The molecule has 0 radical (unpaired) electrons. The van der Waals surface area contributed by atoms with E-state index in [0.29, 0.717) is 6.54 Å². The Morgan fingerprint density at radius 2 is 1.83 bits per heavy atom. The van der Waals surface area contributed by atoms with Gasteiger partial charge in [-0.25, -0.2) is 4.98 Å². The lowest BCUT2D eigenvalue weighted by Gasteiger charge is -2.08. The largest absolute Gasteiger partial charge is 0.369 e. The van der Waals surface area contributed by atoms with Crippen LogP contribution in [0.25, 0.3) is 0 Å². The van der Waals surface area contributed by atoms with Crippen LogP contribution in [-0.2, 0) is 6.54 Å². The van der Waals surface area contributed by atoms with Gasteiger partial charge in [-0.2, -0.15) is 0 Å². The molecule has 0 atom stereocenters. The average Bonchev–Trinajstić information content (AvgIpc) is 2.39. The summed E-state index contributed by atoms with van der Waals surface area (Å²) < 4.78 is 0. The van der Waals surface area contributed by atoms with Gasteiger partial charge in [0.05, 0.1) is 12.4 Å². The van der Waals surface area contributed by atoms with Crippen LogP contribution in [0.1, 0.15) is 12.5 Å². The SMILES string of the molecule is CCNc1cncc(NCc2ccccc2Cl)n1. The predicted molar refractivity (Wildman–Crippen MR) is 75.0 cm³/mol. The summed E-state index contributed by atoms with van der Waals surface area (Å²) in [5.41, 5.74) is 1.04. The topological polar surface area (TPSA) is 49.8 Å². The number of anilines is 2. The molecule has 0 bridgehead atoms. The van der Waals surface area contributed by atoms with Crippen LogP contribution < -0.4 is 10.6 Å². The van der Waals surface area contributed by atoms with E-state index >= 15 is 0 Å². The van der Waals surface area contributed by atoms with Crippen molar-refractivity contribution in [3.63, 3.8) is 0 Å². The summed E-state index contributed by atoms with van der Waals surface area (Å²) in [4.78, 5) is 8.50. The van der Waals surface area contributed by atoms with Gasteiger partial charge in [0.25, 0.3) is 0 Å². The van der Waals surface area contributed by atoms with Crippen molar-refractivity contribution in [2.45, 2.75) is 13.5 Å². The van der Waals surface area contributed by atoms with Crippen LogP contribution in [0.5, 0.6) is 0 Å². The molecule has 2 rings (SSSR count). The molecule has 1 aromatic carbocycles. The maximum Gasteiger partial charge on any atom is 0.147 e. The van der Waals surface area contributed by atoms with Crippen molar-refractivity contribution in [3.8, 4) is 0 Å². The minimum atomic E-state index is 0.629. The second-order valence-electron chi connectivity index (χ2n) is 3.76. The van der Waals surface area contributed by atoms with Crippen molar-refractivity contribution < 1.29 is 0 Å². The third-order valence-electron chi connectivity index (χ3n) is 2.41. The van der Waals surface area contributed by atoms with Gasteiger partial charge in [-0.05, 0) is 18.6 Å². The Hall–Kier alpha value is -1.81. The summed E-state index contributed by atoms with van der Waals surface area (Å²) in [6.07, 6.45) is 3.39. The standard InChI is InChI=1S/C13H15ClN4/c1-2-16-12-8-15-9-13(18-12)17-7-10-5-3-4-6-11(10)14/h3-6,8-9H,2,7H2,1H3,(H2,16,17,18). The quantitative estimate of drug-likeness (QED) is 0.869. The zero-order valence-corrected chi connectivity index (χ0v) is 10.9. The Morgan fingerprint density at radius 3 is 2.56 bits per heavy atom. The molecular weight excluding hydrogens is 248 g/mol. The second-order valence-corrected chi connectivity index (χ2v) is 4.17. The molecule has 4 nitrogen and oxygen atoms in total. The van der Waals surface area contributed by atoms with E-state index in [2.05, 4.69) is 20.6 Å². The number of rotatable bonds is 5. The van der Waals surface area contributed by atoms with Gasteiger partial charge in [0.15, 0.2) is 0 Å². The lowest BCUT2D eigenvalue weighted by Crippen LogP contribution is -2.05. The van der Waals surface area contributed by atoms with E-state index in [1.54, 1.807) is 12.4 Å². The fourth-order valence-corrected chi connectivity index (χ4v) is 1.75. The highest BCUT2D eigenvalue weighted by atomic mass is 35.5. The minimum absolute atomic E-state index is 0.629. The van der Waals surface area contributed by atoms with Crippen LogP contribution in [0, 0.1) is 0 Å². The van der Waals surface area contributed by atoms with Crippen molar-refractivity contribution in [1.29, 1.82) is 0 Å². The van der Waals surface area contributed by atoms with Gasteiger partial charge in [0.2, 0.25) is 0 Å². The van der Waals surface area contributed by atoms with E-state index in [1.807, 2.05) is 31.2 Å². The molecule has 0 aliphatic heterocycles. The summed E-state index contributed by atoms with van der Waals surface area (Å²) in [7, 11) is 0. The third-order valence-corrected chi connectivity index (χ3v) is 2.78. The van der Waals surface area contributed by atoms with E-state index in [9.17, 15) is 0 Å². The second kappa shape index (κ2) is 6.21. The molecule has 1 heterocycles. The van der Waals surface area contributed by atoms with Crippen LogP contribution in [-0.4, -0.2) is 16.5 Å². The Kier molecular flexibility index (Phi) is 4.36. The van der Waals surface area contributed by atoms with Crippen LogP contribution in [0.15, 0.2) is 36.7 Å². The molecule has 0 saturated heterocycles. The Balaban J connectivity index is 2.02. The Morgan fingerprint density at radius 1 is 1.11 bits per heavy atom. The van der Waals surface area contributed by atoms with Crippen molar-refractivity contribution >= 4 is 23.2 Å². The number of nitrogens with zero attached hydrogens (tertiary/aromatic N) is 2. The first-order valence-corrected chi connectivity index (χ1v) is 6.20. The Labute approximate surface area is 111 Å². The minimum Gasteiger partial charge on any atom is -0.369 e. The molecule has 0 aliphatic carbocycles. The summed E-state index contributed by atoms with van der Waals surface area (Å²) in [6, 6.07) is 7.73. The smallest absolute Gasteiger partial charge is 0.147 e. The Bertz CT molecular complexity index is 516. The number of aromatic nitrogens is 2. The number of hydrogen-bond donors (Lipinski definition) is 2. The molecule has 2 aromatic rings. The van der Waals surface area contributed by atoms with E-state index in [-0.39, 0.29) is 0 Å². The fraction of sp³-hybridized carbons (Fsp3) is 0.231. The first-order valence-electron chi connectivity index (χ1n) is 5.83. The van der Waals surface area contributed by atoms with Crippen molar-refractivity contribution in [2.24, 2.45) is 0 Å². The molecule has 1 aromatic heterocycles. The highest BCUT2D eigenvalue weighted by molar-refractivity contribution is 6.31. The summed E-state index contributed by atoms with van der Waals surface area (Å²) in [5.74, 6) is 1.50. The van der Waals surface area contributed by atoms with Crippen molar-refractivity contribution in [2.75, 3.05) is 17.2 Å². The first-order chi connectivity index (χ1) is 8.79. The first kappa shape index (κ1) is 12.6. The van der Waals surface area contributed by atoms with Gasteiger partial charge in [0.1, 0.15) is 11.6 Å². The average molecular weight is 263 g/mol. The molecular formula is C13H15ClN4. The van der Waals surface area contributed by atoms with Gasteiger partial charge in [-0.3, -0.25) is 4.98 Å². The van der Waals surface area contributed by atoms with Crippen LogP contribution in [0.4, 0.5) is 11.6 Å². The van der Waals surface area contributed by atoms with Crippen molar-refractivity contribution in [3.05, 3.63) is 47.2 Å². The molecule has 0 unspecified atom stereocenters. The molecule has 5 heteroatoms. The van der Waals surface area contributed by atoms with Gasteiger partial charge in [-0.15, -0.1) is 0 Å². The molecule has 18 heavy (non-hydrogen) atoms. The number of benzene rings is 1. The molecule has 0 amide bonds. The van der Waals surface area contributed by atoms with Crippen molar-refractivity contribution in [1.82, 2.24) is 9.97 Å². The summed E-state index contributed by atoms with van der Waals surface area (Å²) >= 11 is 6.08. The number of hydrogen-bond acceptors (Lipinski definition) is 4. The monoisotopic (exact) mass is 262 g/mol. The van der Waals surface area contributed by atoms with Gasteiger partial charge in [0, 0.05) is 18.1 Å². The highest BCUT2D eigenvalue weighted by Crippen LogP contribution is 2.16. The van der Waals surface area contributed by atoms with Gasteiger partial charge in [-0.1, -0.05) is 29.8 Å². The van der Waals surface area contributed by atoms with Crippen LogP contribution >= 0.6 is 11.6 Å². The van der Waals surface area contributed by atoms with E-state index in [4.69, 9.17) is 11.6 Å². The van der Waals surface area contributed by atoms with E-state index in [0.717, 1.165) is 28.8 Å². The zero-order valence-electron chi connectivity index (χ0n) is 10.2. The lowest BCUT2D eigenvalue weighted by atomic mass is 10.2. The number of nitrogens with one attached hydrogen (secondary N) is 2. The maximum atomic E-state index is 6.08. The summed E-state index contributed by atoms with van der Waals surface area (Å²) in [5, 5.41) is 7.07. The summed E-state index contributed by atoms with van der Waals surface area (Å²) in [6.45, 7) is 3.47. The van der Waals surface area contributed by atoms with Crippen LogP contribution in [0.3, 0.4) is 0 Å². The molecule has 0 saturated carbocycles. The van der Waals surface area contributed by atoms with Gasteiger partial charge < -0.3 is 10.6 Å². The zero-order chi connectivity index (χ0) is 12.8. The number of halogens is 1. The van der Waals surface area contributed by atoms with Crippen LogP contribution in [0.2, 0.25) is 5.02 Å². The molecule has 0 aliphatic rings. The lowest BCUT2D eigenvalue weighted by molar-refractivity contribution is 1.07. The molecule has 94 valence electrons. The highest BCUT2D eigenvalue weighted by Gasteiger charge is 2.00. The van der Waals surface area contributed by atoms with E-state index < -0.39 is 0 Å². The fourth-order valence-electron chi connectivity index (χ4n) is 1.54.